The van der Waals surface area contributed by atoms with Gasteiger partial charge in [0.05, 0.1) is 19.3 Å². The number of aliphatic hydroxyl groups is 1. The number of morpholine rings is 1. The molecule has 5 nitrogen and oxygen atoms in total. The number of nitrogens with zero attached hydrogens (tertiary/aromatic N) is 1. The normalized spacial score (nSPS) is 20.6. The van der Waals surface area contributed by atoms with Crippen molar-refractivity contribution in [1.29, 1.82) is 0 Å². The Hall–Kier alpha value is -1.66. The van der Waals surface area contributed by atoms with Crippen LogP contribution in [0.5, 0.6) is 0 Å². The highest BCUT2D eigenvalue weighted by molar-refractivity contribution is 5.85. The number of aliphatic hydroxyl groups excluding tert-OH is 1. The number of likely N-dealkylation sites (N-methyl/N-ethyl adjacent to an activating group) is 1. The summed E-state index contributed by atoms with van der Waals surface area (Å²) in [6.45, 7) is 2.69. The number of nitrogens with one attached hydrogen (secondary N) is 1. The number of hydrogen-bond donors (Lipinski definition) is 2. The van der Waals surface area contributed by atoms with Crippen molar-refractivity contribution in [1.82, 2.24) is 5.32 Å². The number of carbonyl (C=O) groups excluding carboxylic acids is 1. The lowest BCUT2D eigenvalue weighted by Crippen LogP contribution is -2.53. The summed E-state index contributed by atoms with van der Waals surface area (Å²) in [5, 5.41) is 12.4. The third-order valence-corrected chi connectivity index (χ3v) is 3.43. The number of carbonyl (C=O) groups is 1. The first-order valence-electron chi connectivity index (χ1n) is 6.58. The predicted octanol–water partition coefficient (Wildman–Crippen LogP) is 0.830. The standard InChI is InChI=1S/C14H19FN2O3/c1-9(18)13-10(15)4-3-5-11(13)17-6-7-20-8-12(17)14(19)16-2/h3-5,9,12,18H,6-8H2,1-2H3,(H,16,19). The molecule has 1 fully saturated rings. The van der Waals surface area contributed by atoms with Gasteiger partial charge in [0.2, 0.25) is 5.91 Å². The topological polar surface area (TPSA) is 61.8 Å². The van der Waals surface area contributed by atoms with Crippen LogP contribution in [0, 0.1) is 5.82 Å². The molecule has 1 heterocycles. The zero-order valence-corrected chi connectivity index (χ0v) is 11.6. The first-order chi connectivity index (χ1) is 9.56. The second-order valence-electron chi connectivity index (χ2n) is 4.75. The van der Waals surface area contributed by atoms with E-state index in [1.807, 2.05) is 0 Å². The van der Waals surface area contributed by atoms with Crippen molar-refractivity contribution < 1.29 is 19.0 Å². The van der Waals surface area contributed by atoms with Gasteiger partial charge in [-0.15, -0.1) is 0 Å². The van der Waals surface area contributed by atoms with Crippen molar-refractivity contribution in [3.63, 3.8) is 0 Å². The molecule has 0 saturated carbocycles. The Morgan fingerprint density at radius 2 is 2.35 bits per heavy atom. The molecule has 2 rings (SSSR count). The summed E-state index contributed by atoms with van der Waals surface area (Å²) in [4.78, 5) is 13.7. The molecule has 2 atom stereocenters. The van der Waals surface area contributed by atoms with Crippen LogP contribution in [-0.2, 0) is 9.53 Å². The van der Waals surface area contributed by atoms with Crippen LogP contribution in [0.2, 0.25) is 0 Å². The van der Waals surface area contributed by atoms with E-state index in [2.05, 4.69) is 5.32 Å². The summed E-state index contributed by atoms with van der Waals surface area (Å²) in [5.41, 5.74) is 0.750. The van der Waals surface area contributed by atoms with Crippen molar-refractivity contribution in [2.24, 2.45) is 0 Å². The molecule has 110 valence electrons. The SMILES string of the molecule is CNC(=O)C1COCCN1c1cccc(F)c1C(C)O. The van der Waals surface area contributed by atoms with Crippen molar-refractivity contribution in [3.05, 3.63) is 29.6 Å². The van der Waals surface area contributed by atoms with E-state index < -0.39 is 18.0 Å². The van der Waals surface area contributed by atoms with Crippen molar-refractivity contribution in [2.45, 2.75) is 19.1 Å². The van der Waals surface area contributed by atoms with Gasteiger partial charge in [0.25, 0.3) is 0 Å². The molecule has 20 heavy (non-hydrogen) atoms. The first-order valence-corrected chi connectivity index (χ1v) is 6.58. The third kappa shape index (κ3) is 2.76. The molecule has 0 aliphatic carbocycles. The molecule has 1 aliphatic heterocycles. The van der Waals surface area contributed by atoms with Crippen LogP contribution in [0.3, 0.4) is 0 Å². The van der Waals surface area contributed by atoms with Gasteiger partial charge in [-0.05, 0) is 19.1 Å². The molecule has 0 radical (unpaired) electrons. The molecule has 0 bridgehead atoms. The summed E-state index contributed by atoms with van der Waals surface area (Å²) in [6, 6.07) is 4.08. The van der Waals surface area contributed by atoms with Crippen LogP contribution >= 0.6 is 0 Å². The third-order valence-electron chi connectivity index (χ3n) is 3.43. The molecule has 1 aliphatic rings. The summed E-state index contributed by atoms with van der Waals surface area (Å²) >= 11 is 0. The minimum absolute atomic E-state index is 0.189. The summed E-state index contributed by atoms with van der Waals surface area (Å²) in [6.07, 6.45) is -0.945. The Morgan fingerprint density at radius 3 is 3.00 bits per heavy atom. The maximum Gasteiger partial charge on any atom is 0.244 e. The molecule has 0 aromatic heterocycles. The number of rotatable bonds is 3. The fraction of sp³-hybridized carbons (Fsp3) is 0.500. The smallest absolute Gasteiger partial charge is 0.244 e. The lowest BCUT2D eigenvalue weighted by Gasteiger charge is -2.37. The first kappa shape index (κ1) is 14.7. The van der Waals surface area contributed by atoms with Gasteiger partial charge in [0.1, 0.15) is 11.9 Å². The average Bonchev–Trinajstić information content (AvgIpc) is 2.45. The van der Waals surface area contributed by atoms with Crippen LogP contribution in [0.4, 0.5) is 10.1 Å². The molecule has 2 N–H and O–H groups in total. The van der Waals surface area contributed by atoms with Gasteiger partial charge in [0.15, 0.2) is 0 Å². The van der Waals surface area contributed by atoms with Gasteiger partial charge < -0.3 is 20.1 Å². The quantitative estimate of drug-likeness (QED) is 0.862. The summed E-state index contributed by atoms with van der Waals surface area (Å²) in [7, 11) is 1.55. The lowest BCUT2D eigenvalue weighted by molar-refractivity contribution is -0.124. The average molecular weight is 282 g/mol. The van der Waals surface area contributed by atoms with E-state index in [9.17, 15) is 14.3 Å². The molecule has 1 saturated heterocycles. The van der Waals surface area contributed by atoms with E-state index in [0.717, 1.165) is 0 Å². The number of amides is 1. The highest BCUT2D eigenvalue weighted by atomic mass is 19.1. The Bertz CT molecular complexity index is 493. The van der Waals surface area contributed by atoms with Crippen LogP contribution in [-0.4, -0.2) is 43.9 Å². The van der Waals surface area contributed by atoms with Gasteiger partial charge >= 0.3 is 0 Å². The minimum Gasteiger partial charge on any atom is -0.389 e. The van der Waals surface area contributed by atoms with E-state index >= 15 is 0 Å². The Morgan fingerprint density at radius 1 is 1.60 bits per heavy atom. The molecule has 0 spiro atoms. The number of ether oxygens (including phenoxy) is 1. The van der Waals surface area contributed by atoms with Gasteiger partial charge in [-0.25, -0.2) is 4.39 Å². The molecule has 1 aromatic carbocycles. The monoisotopic (exact) mass is 282 g/mol. The largest absolute Gasteiger partial charge is 0.389 e. The summed E-state index contributed by atoms with van der Waals surface area (Å²) in [5.74, 6) is -0.662. The predicted molar refractivity (Wildman–Crippen MR) is 73.1 cm³/mol. The van der Waals surface area contributed by atoms with Gasteiger partial charge in [-0.2, -0.15) is 0 Å². The van der Waals surface area contributed by atoms with Crippen LogP contribution in [0.25, 0.3) is 0 Å². The minimum atomic E-state index is -0.945. The zero-order chi connectivity index (χ0) is 14.7. The highest BCUT2D eigenvalue weighted by Crippen LogP contribution is 2.31. The molecular formula is C14H19FN2O3. The maximum absolute atomic E-state index is 13.9. The molecule has 6 heteroatoms. The second kappa shape index (κ2) is 6.19. The Kier molecular flexibility index (Phi) is 4.57. The van der Waals surface area contributed by atoms with E-state index in [0.29, 0.717) is 18.8 Å². The van der Waals surface area contributed by atoms with Gasteiger partial charge in [0, 0.05) is 24.8 Å². The number of halogens is 1. The Balaban J connectivity index is 2.42. The van der Waals surface area contributed by atoms with Crippen LogP contribution < -0.4 is 10.2 Å². The molecule has 1 amide bonds. The van der Waals surface area contributed by atoms with Crippen molar-refractivity contribution >= 4 is 11.6 Å². The van der Waals surface area contributed by atoms with Gasteiger partial charge in [-0.3, -0.25) is 4.79 Å². The van der Waals surface area contributed by atoms with Gasteiger partial charge in [-0.1, -0.05) is 6.07 Å². The van der Waals surface area contributed by atoms with Crippen molar-refractivity contribution in [3.8, 4) is 0 Å². The molecule has 2 unspecified atom stereocenters. The zero-order valence-electron chi connectivity index (χ0n) is 11.6. The lowest BCUT2D eigenvalue weighted by atomic mass is 10.0. The van der Waals surface area contributed by atoms with Crippen molar-refractivity contribution in [2.75, 3.05) is 31.7 Å². The highest BCUT2D eigenvalue weighted by Gasteiger charge is 2.31. The van der Waals surface area contributed by atoms with E-state index in [1.165, 1.54) is 13.0 Å². The fourth-order valence-electron chi connectivity index (χ4n) is 2.47. The molecule has 1 aromatic rings. The summed E-state index contributed by atoms with van der Waals surface area (Å²) < 4.78 is 19.3. The van der Waals surface area contributed by atoms with E-state index in [-0.39, 0.29) is 18.1 Å². The number of hydrogen-bond acceptors (Lipinski definition) is 4. The van der Waals surface area contributed by atoms with Crippen LogP contribution in [0.1, 0.15) is 18.6 Å². The maximum atomic E-state index is 13.9. The van der Waals surface area contributed by atoms with Crippen LogP contribution in [0.15, 0.2) is 18.2 Å². The number of anilines is 1. The second-order valence-corrected chi connectivity index (χ2v) is 4.75. The molecular weight excluding hydrogens is 263 g/mol. The number of benzene rings is 1. The van der Waals surface area contributed by atoms with E-state index in [4.69, 9.17) is 4.74 Å². The van der Waals surface area contributed by atoms with E-state index in [1.54, 1.807) is 24.1 Å². The Labute approximate surface area is 117 Å². The fourth-order valence-corrected chi connectivity index (χ4v) is 2.47.